The fraction of sp³-hybridized carbons (Fsp3) is 0.200. The molecular weight excluding hydrogens is 336 g/mol. The average molecular weight is 349 g/mol. The summed E-state index contributed by atoms with van der Waals surface area (Å²) in [5.74, 6) is -0.125. The van der Waals surface area contributed by atoms with Crippen LogP contribution in [-0.2, 0) is 11.3 Å². The fourth-order valence-electron chi connectivity index (χ4n) is 2.22. The summed E-state index contributed by atoms with van der Waals surface area (Å²) in [6.45, 7) is 0.999. The van der Waals surface area contributed by atoms with E-state index in [0.717, 1.165) is 5.39 Å². The zero-order chi connectivity index (χ0) is 14.8. The summed E-state index contributed by atoms with van der Waals surface area (Å²) in [5, 5.41) is 5.00. The van der Waals surface area contributed by atoms with E-state index in [0.29, 0.717) is 34.5 Å². The summed E-state index contributed by atoms with van der Waals surface area (Å²) in [6, 6.07) is 7.46. The van der Waals surface area contributed by atoms with Gasteiger partial charge in [-0.3, -0.25) is 9.48 Å². The van der Waals surface area contributed by atoms with Gasteiger partial charge in [0.1, 0.15) is 17.5 Å². The van der Waals surface area contributed by atoms with Gasteiger partial charge >= 0.3 is 0 Å². The predicted molar refractivity (Wildman–Crippen MR) is 81.4 cm³/mol. The SMILES string of the molecule is COCCn1ncc(Br)c1C(=O)c1coc2ccccc12. The lowest BCUT2D eigenvalue weighted by atomic mass is 10.1. The van der Waals surface area contributed by atoms with Crippen molar-refractivity contribution in [2.45, 2.75) is 6.54 Å². The quantitative estimate of drug-likeness (QED) is 0.664. The molecule has 0 saturated carbocycles. The molecule has 2 heterocycles. The summed E-state index contributed by atoms with van der Waals surface area (Å²) in [6.07, 6.45) is 3.11. The molecule has 0 aliphatic rings. The second kappa shape index (κ2) is 5.83. The van der Waals surface area contributed by atoms with Crippen LogP contribution in [0.5, 0.6) is 0 Å². The molecule has 3 rings (SSSR count). The van der Waals surface area contributed by atoms with Crippen LogP contribution in [-0.4, -0.2) is 29.3 Å². The summed E-state index contributed by atoms with van der Waals surface area (Å²) in [7, 11) is 1.61. The minimum absolute atomic E-state index is 0.125. The first-order chi connectivity index (χ1) is 10.2. The van der Waals surface area contributed by atoms with E-state index >= 15 is 0 Å². The van der Waals surface area contributed by atoms with E-state index in [4.69, 9.17) is 9.15 Å². The molecule has 0 spiro atoms. The Balaban J connectivity index is 2.04. The Hall–Kier alpha value is -1.92. The number of ether oxygens (including phenoxy) is 1. The highest BCUT2D eigenvalue weighted by atomic mass is 79.9. The zero-order valence-electron chi connectivity index (χ0n) is 11.4. The van der Waals surface area contributed by atoms with E-state index in [9.17, 15) is 4.79 Å². The number of para-hydroxylation sites is 1. The molecule has 0 radical (unpaired) electrons. The number of benzene rings is 1. The summed E-state index contributed by atoms with van der Waals surface area (Å²) < 4.78 is 12.8. The van der Waals surface area contributed by atoms with Gasteiger partial charge in [0.2, 0.25) is 5.78 Å². The van der Waals surface area contributed by atoms with Crippen LogP contribution >= 0.6 is 15.9 Å². The highest BCUT2D eigenvalue weighted by Crippen LogP contribution is 2.26. The van der Waals surface area contributed by atoms with E-state index < -0.39 is 0 Å². The van der Waals surface area contributed by atoms with Crippen LogP contribution in [0.3, 0.4) is 0 Å². The Kier molecular flexibility index (Phi) is 3.90. The first kappa shape index (κ1) is 14.0. The first-order valence-corrected chi connectivity index (χ1v) is 7.23. The maximum atomic E-state index is 12.8. The highest BCUT2D eigenvalue weighted by Gasteiger charge is 2.22. The van der Waals surface area contributed by atoms with E-state index in [1.165, 1.54) is 6.26 Å². The number of rotatable bonds is 5. The monoisotopic (exact) mass is 348 g/mol. The predicted octanol–water partition coefficient (Wildman–Crippen LogP) is 3.27. The molecular formula is C15H13BrN2O3. The van der Waals surface area contributed by atoms with Crippen LogP contribution in [0.15, 0.2) is 45.6 Å². The molecule has 108 valence electrons. The van der Waals surface area contributed by atoms with Crippen molar-refractivity contribution in [3.8, 4) is 0 Å². The molecule has 0 unspecified atom stereocenters. The molecule has 0 saturated heterocycles. The van der Waals surface area contributed by atoms with Gasteiger partial charge in [-0.2, -0.15) is 5.10 Å². The second-order valence-corrected chi connectivity index (χ2v) is 5.39. The van der Waals surface area contributed by atoms with Crippen molar-refractivity contribution in [2.75, 3.05) is 13.7 Å². The Morgan fingerprint density at radius 3 is 3.05 bits per heavy atom. The molecule has 0 bridgehead atoms. The van der Waals surface area contributed by atoms with Crippen LogP contribution in [0.2, 0.25) is 0 Å². The third-order valence-electron chi connectivity index (χ3n) is 3.24. The molecule has 6 heteroatoms. The number of furan rings is 1. The normalized spacial score (nSPS) is 11.1. The number of nitrogens with zero attached hydrogens (tertiary/aromatic N) is 2. The summed E-state index contributed by atoms with van der Waals surface area (Å²) in [4.78, 5) is 12.8. The Morgan fingerprint density at radius 2 is 2.24 bits per heavy atom. The lowest BCUT2D eigenvalue weighted by molar-refractivity contribution is 0.102. The third-order valence-corrected chi connectivity index (χ3v) is 3.82. The maximum absolute atomic E-state index is 12.8. The maximum Gasteiger partial charge on any atom is 0.216 e. The van der Waals surface area contributed by atoms with Crippen LogP contribution in [0.25, 0.3) is 11.0 Å². The van der Waals surface area contributed by atoms with Crippen molar-refractivity contribution < 1.29 is 13.9 Å². The Morgan fingerprint density at radius 1 is 1.43 bits per heavy atom. The minimum atomic E-state index is -0.125. The smallest absolute Gasteiger partial charge is 0.216 e. The van der Waals surface area contributed by atoms with Crippen molar-refractivity contribution in [2.24, 2.45) is 0 Å². The molecule has 0 fully saturated rings. The number of halogens is 1. The number of ketones is 1. The van der Waals surface area contributed by atoms with E-state index in [1.807, 2.05) is 24.3 Å². The number of hydrogen-bond acceptors (Lipinski definition) is 4. The largest absolute Gasteiger partial charge is 0.464 e. The topological polar surface area (TPSA) is 57.3 Å². The molecule has 21 heavy (non-hydrogen) atoms. The van der Waals surface area contributed by atoms with Crippen molar-refractivity contribution in [1.29, 1.82) is 0 Å². The van der Waals surface area contributed by atoms with Gasteiger partial charge < -0.3 is 9.15 Å². The van der Waals surface area contributed by atoms with Crippen molar-refractivity contribution in [1.82, 2.24) is 9.78 Å². The molecule has 0 atom stereocenters. The molecule has 1 aromatic carbocycles. The third kappa shape index (κ3) is 2.52. The van der Waals surface area contributed by atoms with Crippen LogP contribution < -0.4 is 0 Å². The second-order valence-electron chi connectivity index (χ2n) is 4.53. The van der Waals surface area contributed by atoms with Gasteiger partial charge in [-0.15, -0.1) is 0 Å². The number of aromatic nitrogens is 2. The average Bonchev–Trinajstić information content (AvgIpc) is 3.08. The molecule has 5 nitrogen and oxygen atoms in total. The van der Waals surface area contributed by atoms with Gasteiger partial charge in [0, 0.05) is 12.5 Å². The Bertz CT molecular complexity index is 791. The summed E-state index contributed by atoms with van der Waals surface area (Å²) in [5.41, 5.74) is 1.73. The van der Waals surface area contributed by atoms with Gasteiger partial charge in [0.15, 0.2) is 0 Å². The number of carbonyl (C=O) groups excluding carboxylic acids is 1. The van der Waals surface area contributed by atoms with Gasteiger partial charge in [-0.1, -0.05) is 18.2 Å². The highest BCUT2D eigenvalue weighted by molar-refractivity contribution is 9.10. The Labute approximate surface area is 129 Å². The van der Waals surface area contributed by atoms with Crippen molar-refractivity contribution >= 4 is 32.7 Å². The molecule has 0 amide bonds. The first-order valence-electron chi connectivity index (χ1n) is 6.43. The summed E-state index contributed by atoms with van der Waals surface area (Å²) >= 11 is 3.38. The van der Waals surface area contributed by atoms with Crippen molar-refractivity contribution in [3.63, 3.8) is 0 Å². The lowest BCUT2D eigenvalue weighted by Gasteiger charge is -2.06. The van der Waals surface area contributed by atoms with E-state index in [-0.39, 0.29) is 5.78 Å². The molecule has 3 aromatic rings. The molecule has 0 aliphatic carbocycles. The van der Waals surface area contributed by atoms with Crippen LogP contribution in [0.4, 0.5) is 0 Å². The molecule has 0 N–H and O–H groups in total. The van der Waals surface area contributed by atoms with Gasteiger partial charge in [0.25, 0.3) is 0 Å². The standard InChI is InChI=1S/C15H13BrN2O3/c1-20-7-6-18-14(12(16)8-17-18)15(19)11-9-21-13-5-3-2-4-10(11)13/h2-5,8-9H,6-7H2,1H3. The van der Waals surface area contributed by atoms with Crippen LogP contribution in [0.1, 0.15) is 16.1 Å². The fourth-order valence-corrected chi connectivity index (χ4v) is 2.69. The minimum Gasteiger partial charge on any atom is -0.464 e. The number of hydrogen-bond donors (Lipinski definition) is 0. The number of fused-ring (bicyclic) bond motifs is 1. The van der Waals surface area contributed by atoms with Crippen LogP contribution in [0, 0.1) is 0 Å². The van der Waals surface area contributed by atoms with Gasteiger partial charge in [-0.25, -0.2) is 0 Å². The lowest BCUT2D eigenvalue weighted by Crippen LogP contribution is -2.14. The number of methoxy groups -OCH3 is 1. The molecule has 2 aromatic heterocycles. The van der Waals surface area contributed by atoms with E-state index in [2.05, 4.69) is 21.0 Å². The van der Waals surface area contributed by atoms with Crippen molar-refractivity contribution in [3.05, 3.63) is 52.5 Å². The van der Waals surface area contributed by atoms with Gasteiger partial charge in [0.05, 0.1) is 29.4 Å². The van der Waals surface area contributed by atoms with E-state index in [1.54, 1.807) is 18.0 Å². The molecule has 0 aliphatic heterocycles. The number of carbonyl (C=O) groups is 1. The zero-order valence-corrected chi connectivity index (χ0v) is 13.0. The van der Waals surface area contributed by atoms with Gasteiger partial charge in [-0.05, 0) is 22.0 Å².